The van der Waals surface area contributed by atoms with E-state index >= 15 is 0 Å². The van der Waals surface area contributed by atoms with Crippen LogP contribution in [0.3, 0.4) is 0 Å². The molecular weight excluding hydrogens is 381 g/mol. The summed E-state index contributed by atoms with van der Waals surface area (Å²) in [4.78, 5) is 16.3. The lowest BCUT2D eigenvalue weighted by Gasteiger charge is -2.21. The Morgan fingerprint density at radius 3 is 2.71 bits per heavy atom. The van der Waals surface area contributed by atoms with E-state index in [1.807, 2.05) is 11.5 Å². The molecule has 0 fully saturated rings. The molecule has 0 bridgehead atoms. The first-order valence-electron chi connectivity index (χ1n) is 8.95. The van der Waals surface area contributed by atoms with Crippen LogP contribution in [0.2, 0.25) is 5.02 Å². The highest BCUT2D eigenvalue weighted by Crippen LogP contribution is 2.36. The fourth-order valence-corrected chi connectivity index (χ4v) is 3.94. The minimum Gasteiger partial charge on any atom is -0.495 e. The van der Waals surface area contributed by atoms with Crippen LogP contribution in [0.25, 0.3) is 0 Å². The highest BCUT2D eigenvalue weighted by molar-refractivity contribution is 6.32. The number of hydrogen-bond donors (Lipinski definition) is 1. The molecule has 0 radical (unpaired) electrons. The SMILES string of the molecule is COc1cc(Nc2nc(=O)cc3n2C(c2ccc(F)cc2)CC3)c(C)cc1Cl. The van der Waals surface area contributed by atoms with Crippen molar-refractivity contribution in [3.63, 3.8) is 0 Å². The number of hydrogen-bond acceptors (Lipinski definition) is 4. The predicted octanol–water partition coefficient (Wildman–Crippen LogP) is 4.63. The number of benzene rings is 2. The number of rotatable bonds is 4. The molecule has 0 saturated carbocycles. The third kappa shape index (κ3) is 3.36. The standard InChI is InChI=1S/C21H19ClFN3O2/c1-12-9-16(22)19(28-2)11-17(12)24-21-25-20(27)10-15-7-8-18(26(15)21)13-3-5-14(23)6-4-13/h3-6,9-11,18H,7-8H2,1-2H3,(H,24,25,27). The van der Waals surface area contributed by atoms with Crippen LogP contribution < -0.4 is 15.6 Å². The van der Waals surface area contributed by atoms with E-state index in [4.69, 9.17) is 16.3 Å². The molecule has 1 atom stereocenters. The molecule has 1 N–H and O–H groups in total. The summed E-state index contributed by atoms with van der Waals surface area (Å²) in [6.07, 6.45) is 1.56. The first-order chi connectivity index (χ1) is 13.5. The Morgan fingerprint density at radius 2 is 2.00 bits per heavy atom. The normalized spacial score (nSPS) is 15.4. The Kier molecular flexibility index (Phi) is 4.81. The van der Waals surface area contributed by atoms with Gasteiger partial charge in [0.15, 0.2) is 0 Å². The van der Waals surface area contributed by atoms with E-state index in [0.717, 1.165) is 35.3 Å². The van der Waals surface area contributed by atoms with Gasteiger partial charge in [-0.2, -0.15) is 4.98 Å². The number of ether oxygens (including phenoxy) is 1. The third-order valence-electron chi connectivity index (χ3n) is 5.03. The van der Waals surface area contributed by atoms with E-state index in [9.17, 15) is 9.18 Å². The summed E-state index contributed by atoms with van der Waals surface area (Å²) in [7, 11) is 1.55. The van der Waals surface area contributed by atoms with Gasteiger partial charge in [-0.15, -0.1) is 0 Å². The first-order valence-corrected chi connectivity index (χ1v) is 9.33. The summed E-state index contributed by atoms with van der Waals surface area (Å²) >= 11 is 6.19. The van der Waals surface area contributed by atoms with E-state index in [2.05, 4.69) is 10.3 Å². The molecule has 0 amide bonds. The van der Waals surface area contributed by atoms with Gasteiger partial charge in [-0.05, 0) is 49.1 Å². The van der Waals surface area contributed by atoms with Gasteiger partial charge in [-0.1, -0.05) is 23.7 Å². The summed E-state index contributed by atoms with van der Waals surface area (Å²) < 4.78 is 20.7. The molecular formula is C21H19ClFN3O2. The van der Waals surface area contributed by atoms with Crippen LogP contribution in [0.15, 0.2) is 47.3 Å². The van der Waals surface area contributed by atoms with E-state index < -0.39 is 0 Å². The van der Waals surface area contributed by atoms with Gasteiger partial charge < -0.3 is 14.6 Å². The molecule has 7 heteroatoms. The molecule has 28 heavy (non-hydrogen) atoms. The second-order valence-electron chi connectivity index (χ2n) is 6.81. The van der Waals surface area contributed by atoms with Crippen molar-refractivity contribution in [1.82, 2.24) is 9.55 Å². The molecule has 1 aliphatic heterocycles. The summed E-state index contributed by atoms with van der Waals surface area (Å²) in [6, 6.07) is 11.6. The zero-order valence-electron chi connectivity index (χ0n) is 15.5. The molecule has 144 valence electrons. The molecule has 1 aromatic heterocycles. The van der Waals surface area contributed by atoms with Crippen LogP contribution in [0.4, 0.5) is 16.0 Å². The fourth-order valence-electron chi connectivity index (χ4n) is 3.65. The average molecular weight is 400 g/mol. The van der Waals surface area contributed by atoms with Crippen LogP contribution in [-0.2, 0) is 6.42 Å². The van der Waals surface area contributed by atoms with Crippen LogP contribution in [0.5, 0.6) is 5.75 Å². The summed E-state index contributed by atoms with van der Waals surface area (Å²) in [5.41, 5.74) is 3.22. The summed E-state index contributed by atoms with van der Waals surface area (Å²) in [6.45, 7) is 1.91. The molecule has 5 nitrogen and oxygen atoms in total. The first kappa shape index (κ1) is 18.5. The monoisotopic (exact) mass is 399 g/mol. The number of aryl methyl sites for hydroxylation is 2. The van der Waals surface area contributed by atoms with Crippen LogP contribution in [-0.4, -0.2) is 16.7 Å². The highest BCUT2D eigenvalue weighted by Gasteiger charge is 2.27. The Labute approximate surface area is 166 Å². The minimum atomic E-state index is -0.299. The third-order valence-corrected chi connectivity index (χ3v) is 5.32. The number of nitrogens with zero attached hydrogens (tertiary/aromatic N) is 2. The summed E-state index contributed by atoms with van der Waals surface area (Å²) in [5, 5.41) is 3.78. The average Bonchev–Trinajstić information content (AvgIpc) is 3.08. The zero-order valence-corrected chi connectivity index (χ0v) is 16.3. The van der Waals surface area contributed by atoms with Crippen LogP contribution in [0, 0.1) is 12.7 Å². The smallest absolute Gasteiger partial charge is 0.274 e. The molecule has 0 aliphatic carbocycles. The topological polar surface area (TPSA) is 56.1 Å². The molecule has 1 aliphatic rings. The Balaban J connectivity index is 1.79. The van der Waals surface area contributed by atoms with Crippen molar-refractivity contribution in [2.24, 2.45) is 0 Å². The van der Waals surface area contributed by atoms with Gasteiger partial charge in [0.05, 0.1) is 18.2 Å². The lowest BCUT2D eigenvalue weighted by Crippen LogP contribution is -2.19. The maximum atomic E-state index is 13.3. The van der Waals surface area contributed by atoms with Crippen molar-refractivity contribution in [2.45, 2.75) is 25.8 Å². The lowest BCUT2D eigenvalue weighted by atomic mass is 10.0. The van der Waals surface area contributed by atoms with Gasteiger partial charge in [0.1, 0.15) is 11.6 Å². The number of nitrogens with one attached hydrogen (secondary N) is 1. The number of fused-ring (bicyclic) bond motifs is 1. The van der Waals surface area contributed by atoms with E-state index in [-0.39, 0.29) is 17.4 Å². The highest BCUT2D eigenvalue weighted by atomic mass is 35.5. The van der Waals surface area contributed by atoms with Crippen molar-refractivity contribution in [3.05, 3.63) is 80.5 Å². The van der Waals surface area contributed by atoms with Gasteiger partial charge in [-0.25, -0.2) is 4.39 Å². The maximum absolute atomic E-state index is 13.3. The Bertz CT molecular complexity index is 1100. The number of halogens is 2. The Hall–Kier alpha value is -2.86. The second kappa shape index (κ2) is 7.28. The quantitative estimate of drug-likeness (QED) is 0.694. The number of anilines is 2. The van der Waals surface area contributed by atoms with Gasteiger partial charge in [-0.3, -0.25) is 4.79 Å². The minimum absolute atomic E-state index is 0.0271. The predicted molar refractivity (Wildman–Crippen MR) is 107 cm³/mol. The summed E-state index contributed by atoms with van der Waals surface area (Å²) in [5.74, 6) is 0.703. The van der Waals surface area contributed by atoms with Crippen LogP contribution in [0.1, 0.15) is 29.3 Å². The molecule has 2 heterocycles. The number of methoxy groups -OCH3 is 1. The molecule has 1 unspecified atom stereocenters. The van der Waals surface area contributed by atoms with Crippen molar-refractivity contribution < 1.29 is 9.13 Å². The zero-order chi connectivity index (χ0) is 19.8. The van der Waals surface area contributed by atoms with Gasteiger partial charge >= 0.3 is 0 Å². The second-order valence-corrected chi connectivity index (χ2v) is 7.22. The number of aromatic nitrogens is 2. The molecule has 3 aromatic rings. The van der Waals surface area contributed by atoms with Crippen molar-refractivity contribution in [1.29, 1.82) is 0 Å². The molecule has 4 rings (SSSR count). The van der Waals surface area contributed by atoms with Gasteiger partial charge in [0.2, 0.25) is 5.95 Å². The lowest BCUT2D eigenvalue weighted by molar-refractivity contribution is 0.415. The van der Waals surface area contributed by atoms with Gasteiger partial charge in [0, 0.05) is 23.5 Å². The van der Waals surface area contributed by atoms with Crippen molar-refractivity contribution in [3.8, 4) is 5.75 Å². The fraction of sp³-hybridized carbons (Fsp3) is 0.238. The molecule has 0 spiro atoms. The molecule has 0 saturated heterocycles. The van der Waals surface area contributed by atoms with E-state index in [1.54, 1.807) is 37.4 Å². The van der Waals surface area contributed by atoms with Crippen molar-refractivity contribution >= 4 is 23.2 Å². The van der Waals surface area contributed by atoms with Gasteiger partial charge in [0.25, 0.3) is 5.56 Å². The molecule has 2 aromatic carbocycles. The van der Waals surface area contributed by atoms with Crippen molar-refractivity contribution in [2.75, 3.05) is 12.4 Å². The maximum Gasteiger partial charge on any atom is 0.274 e. The van der Waals surface area contributed by atoms with Crippen LogP contribution >= 0.6 is 11.6 Å². The van der Waals surface area contributed by atoms with E-state index in [1.165, 1.54) is 12.1 Å². The Morgan fingerprint density at radius 1 is 1.25 bits per heavy atom. The largest absolute Gasteiger partial charge is 0.495 e. The van der Waals surface area contributed by atoms with E-state index in [0.29, 0.717) is 16.7 Å².